The fourth-order valence-electron chi connectivity index (χ4n) is 3.36. The van der Waals surface area contributed by atoms with Gasteiger partial charge in [-0.3, -0.25) is 4.79 Å². The number of hydrogen-bond donors (Lipinski definition) is 1. The lowest BCUT2D eigenvalue weighted by Crippen LogP contribution is -2.42. The number of carbonyl (C=O) groups is 1. The Morgan fingerprint density at radius 1 is 1.08 bits per heavy atom. The third kappa shape index (κ3) is 3.90. The van der Waals surface area contributed by atoms with Gasteiger partial charge in [-0.05, 0) is 42.7 Å². The largest absolute Gasteiger partial charge is 0.359 e. The van der Waals surface area contributed by atoms with Crippen molar-refractivity contribution < 1.29 is 4.79 Å². The highest BCUT2D eigenvalue weighted by molar-refractivity contribution is 6.30. The maximum atomic E-state index is 13.0. The number of halogens is 1. The summed E-state index contributed by atoms with van der Waals surface area (Å²) in [5.74, 6) is 0.0515. The summed E-state index contributed by atoms with van der Waals surface area (Å²) in [7, 11) is 1.96. The number of nitrogens with one attached hydrogen (secondary N) is 1. The number of nitrogens with zero attached hydrogens (tertiary/aromatic N) is 1. The molecule has 4 heteroatoms. The van der Waals surface area contributed by atoms with E-state index in [1.807, 2.05) is 66.5 Å². The van der Waals surface area contributed by atoms with Crippen LogP contribution in [-0.4, -0.2) is 19.0 Å². The van der Waals surface area contributed by atoms with Crippen LogP contribution in [0.3, 0.4) is 0 Å². The molecule has 1 aliphatic carbocycles. The number of para-hydroxylation sites is 1. The molecule has 1 saturated carbocycles. The van der Waals surface area contributed by atoms with Gasteiger partial charge in [0.05, 0.1) is 0 Å². The number of amides is 1. The minimum Gasteiger partial charge on any atom is -0.359 e. The van der Waals surface area contributed by atoms with Gasteiger partial charge in [0, 0.05) is 23.8 Å². The van der Waals surface area contributed by atoms with E-state index in [4.69, 9.17) is 11.6 Å². The molecule has 0 spiro atoms. The van der Waals surface area contributed by atoms with Crippen LogP contribution in [0, 0.1) is 0 Å². The molecule has 0 unspecified atom stereocenters. The summed E-state index contributed by atoms with van der Waals surface area (Å²) < 4.78 is 0. The smallest absolute Gasteiger partial charge is 0.247 e. The number of rotatable bonds is 5. The van der Waals surface area contributed by atoms with E-state index in [1.54, 1.807) is 0 Å². The zero-order valence-corrected chi connectivity index (χ0v) is 14.7. The summed E-state index contributed by atoms with van der Waals surface area (Å²) in [4.78, 5) is 15.0. The molecular weight excluding hydrogens is 320 g/mol. The Morgan fingerprint density at radius 2 is 1.71 bits per heavy atom. The molecule has 2 aromatic carbocycles. The summed E-state index contributed by atoms with van der Waals surface area (Å²) in [5.41, 5.74) is 1.96. The van der Waals surface area contributed by atoms with Gasteiger partial charge in [0.15, 0.2) is 0 Å². The Hall–Kier alpha value is -2.00. The monoisotopic (exact) mass is 342 g/mol. The topological polar surface area (TPSA) is 32.3 Å². The van der Waals surface area contributed by atoms with E-state index in [0.717, 1.165) is 24.1 Å². The molecule has 0 radical (unpaired) electrons. The van der Waals surface area contributed by atoms with Crippen LogP contribution in [0.25, 0.3) is 0 Å². The van der Waals surface area contributed by atoms with Crippen molar-refractivity contribution in [1.29, 1.82) is 0 Å². The van der Waals surface area contributed by atoms with Crippen molar-refractivity contribution in [3.8, 4) is 0 Å². The van der Waals surface area contributed by atoms with Crippen LogP contribution in [0.1, 0.15) is 37.3 Å². The molecule has 0 bridgehead atoms. The lowest BCUT2D eigenvalue weighted by atomic mass is 10.0. The SMILES string of the molecule is CN(c1ccccc1)[C@@H](C(=O)NC1CCCC1)c1ccc(Cl)cc1. The van der Waals surface area contributed by atoms with Crippen LogP contribution < -0.4 is 10.2 Å². The van der Waals surface area contributed by atoms with Crippen LogP contribution in [0.4, 0.5) is 5.69 Å². The molecule has 1 aliphatic rings. The highest BCUT2D eigenvalue weighted by Crippen LogP contribution is 2.28. The second-order valence-corrected chi connectivity index (χ2v) is 6.83. The fourth-order valence-corrected chi connectivity index (χ4v) is 3.48. The lowest BCUT2D eigenvalue weighted by molar-refractivity contribution is -0.123. The summed E-state index contributed by atoms with van der Waals surface area (Å²) in [6.45, 7) is 0. The molecule has 3 rings (SSSR count). The van der Waals surface area contributed by atoms with Crippen LogP contribution in [0.15, 0.2) is 54.6 Å². The molecule has 1 fully saturated rings. The molecule has 0 saturated heterocycles. The van der Waals surface area contributed by atoms with Gasteiger partial charge in [-0.15, -0.1) is 0 Å². The number of hydrogen-bond acceptors (Lipinski definition) is 2. The van der Waals surface area contributed by atoms with Gasteiger partial charge in [0.1, 0.15) is 6.04 Å². The average molecular weight is 343 g/mol. The van der Waals surface area contributed by atoms with Gasteiger partial charge in [0.2, 0.25) is 5.91 Å². The van der Waals surface area contributed by atoms with Crippen molar-refractivity contribution in [2.75, 3.05) is 11.9 Å². The Labute approximate surface area is 148 Å². The molecule has 0 heterocycles. The fraction of sp³-hybridized carbons (Fsp3) is 0.350. The van der Waals surface area contributed by atoms with E-state index < -0.39 is 0 Å². The predicted octanol–water partition coefficient (Wildman–Crippen LogP) is 4.58. The van der Waals surface area contributed by atoms with Crippen molar-refractivity contribution in [2.24, 2.45) is 0 Å². The van der Waals surface area contributed by atoms with Gasteiger partial charge in [-0.2, -0.15) is 0 Å². The third-order valence-corrected chi connectivity index (χ3v) is 4.94. The summed E-state index contributed by atoms with van der Waals surface area (Å²) in [5, 5.41) is 3.91. The average Bonchev–Trinajstić information content (AvgIpc) is 3.10. The van der Waals surface area contributed by atoms with Crippen molar-refractivity contribution in [1.82, 2.24) is 5.32 Å². The first kappa shape index (κ1) is 16.8. The maximum Gasteiger partial charge on any atom is 0.247 e. The van der Waals surface area contributed by atoms with Gasteiger partial charge >= 0.3 is 0 Å². The van der Waals surface area contributed by atoms with E-state index in [1.165, 1.54) is 12.8 Å². The Bertz CT molecular complexity index is 666. The van der Waals surface area contributed by atoms with E-state index in [-0.39, 0.29) is 11.9 Å². The second kappa shape index (κ2) is 7.71. The minimum atomic E-state index is -0.370. The van der Waals surface area contributed by atoms with Crippen LogP contribution in [-0.2, 0) is 4.79 Å². The molecule has 126 valence electrons. The number of anilines is 1. The third-order valence-electron chi connectivity index (χ3n) is 4.69. The lowest BCUT2D eigenvalue weighted by Gasteiger charge is -2.30. The van der Waals surface area contributed by atoms with Crippen molar-refractivity contribution in [3.05, 3.63) is 65.2 Å². The number of benzene rings is 2. The summed E-state index contributed by atoms with van der Waals surface area (Å²) >= 11 is 6.02. The minimum absolute atomic E-state index is 0.0515. The van der Waals surface area contributed by atoms with E-state index in [2.05, 4.69) is 5.32 Å². The van der Waals surface area contributed by atoms with Crippen molar-refractivity contribution >= 4 is 23.2 Å². The summed E-state index contributed by atoms with van der Waals surface area (Å²) in [6, 6.07) is 17.5. The van der Waals surface area contributed by atoms with Gasteiger partial charge in [-0.1, -0.05) is 54.8 Å². The van der Waals surface area contributed by atoms with Crippen molar-refractivity contribution in [2.45, 2.75) is 37.8 Å². The van der Waals surface area contributed by atoms with Crippen molar-refractivity contribution in [3.63, 3.8) is 0 Å². The maximum absolute atomic E-state index is 13.0. The van der Waals surface area contributed by atoms with Crippen LogP contribution in [0.2, 0.25) is 5.02 Å². The molecule has 1 atom stereocenters. The van der Waals surface area contributed by atoms with E-state index in [9.17, 15) is 4.79 Å². The molecule has 2 aromatic rings. The highest BCUT2D eigenvalue weighted by atomic mass is 35.5. The molecule has 24 heavy (non-hydrogen) atoms. The summed E-state index contributed by atoms with van der Waals surface area (Å²) in [6.07, 6.45) is 4.55. The zero-order valence-electron chi connectivity index (χ0n) is 13.9. The molecule has 1 N–H and O–H groups in total. The van der Waals surface area contributed by atoms with Gasteiger partial charge in [0.25, 0.3) is 0 Å². The molecule has 0 aromatic heterocycles. The second-order valence-electron chi connectivity index (χ2n) is 6.39. The standard InChI is InChI=1S/C20H23ClN2O/c1-23(18-9-3-2-4-10-18)19(15-11-13-16(21)14-12-15)20(24)22-17-7-5-6-8-17/h2-4,9-14,17,19H,5-8H2,1H3,(H,22,24)/t19-/m1/s1. The Morgan fingerprint density at radius 3 is 2.33 bits per heavy atom. The first-order valence-corrected chi connectivity index (χ1v) is 8.86. The Kier molecular flexibility index (Phi) is 5.41. The number of carbonyl (C=O) groups excluding carboxylic acids is 1. The molecule has 3 nitrogen and oxygen atoms in total. The van der Waals surface area contributed by atoms with Crippen LogP contribution in [0.5, 0.6) is 0 Å². The quantitative estimate of drug-likeness (QED) is 0.862. The van der Waals surface area contributed by atoms with E-state index >= 15 is 0 Å². The highest BCUT2D eigenvalue weighted by Gasteiger charge is 2.28. The Balaban J connectivity index is 1.87. The normalized spacial score (nSPS) is 15.9. The van der Waals surface area contributed by atoms with Gasteiger partial charge in [-0.25, -0.2) is 0 Å². The van der Waals surface area contributed by atoms with Gasteiger partial charge < -0.3 is 10.2 Å². The number of likely N-dealkylation sites (N-methyl/N-ethyl adjacent to an activating group) is 1. The first-order valence-electron chi connectivity index (χ1n) is 8.49. The van der Waals surface area contributed by atoms with Crippen LogP contribution >= 0.6 is 11.6 Å². The predicted molar refractivity (Wildman–Crippen MR) is 99.4 cm³/mol. The van der Waals surface area contributed by atoms with E-state index in [0.29, 0.717) is 11.1 Å². The zero-order chi connectivity index (χ0) is 16.9. The molecular formula is C20H23ClN2O. The molecule has 0 aliphatic heterocycles. The first-order chi connectivity index (χ1) is 11.6. The molecule has 1 amide bonds.